The quantitative estimate of drug-likeness (QED) is 0.376. The number of thiophene rings is 1. The summed E-state index contributed by atoms with van der Waals surface area (Å²) in [7, 11) is -4.02. The number of rotatable bonds is 6. The first-order valence-electron chi connectivity index (χ1n) is 10.3. The SMILES string of the molecule is O=C(NCc1cccs1)c1c[nH]c2ccc(S(=O)(=O)Nc3ccc4c(c3)OCCO4)cc2c1=O. The minimum absolute atomic E-state index is 0.0915. The lowest BCUT2D eigenvalue weighted by Gasteiger charge is -2.19. The summed E-state index contributed by atoms with van der Waals surface area (Å²) in [5.41, 5.74) is 0.0465. The van der Waals surface area contributed by atoms with Crippen LogP contribution in [0.15, 0.2) is 69.8 Å². The first kappa shape index (κ1) is 22.0. The zero-order valence-electron chi connectivity index (χ0n) is 17.7. The molecule has 3 N–H and O–H groups in total. The third-order valence-corrected chi connectivity index (χ3v) is 7.46. The van der Waals surface area contributed by atoms with Crippen molar-refractivity contribution in [1.29, 1.82) is 0 Å². The molecule has 0 bridgehead atoms. The molecule has 0 fully saturated rings. The summed E-state index contributed by atoms with van der Waals surface area (Å²) >= 11 is 1.49. The lowest BCUT2D eigenvalue weighted by molar-refractivity contribution is 0.0950. The number of fused-ring (bicyclic) bond motifs is 2. The zero-order chi connectivity index (χ0) is 23.7. The Morgan fingerprint density at radius 3 is 2.68 bits per heavy atom. The predicted molar refractivity (Wildman–Crippen MR) is 128 cm³/mol. The van der Waals surface area contributed by atoms with Crippen LogP contribution < -0.4 is 24.9 Å². The lowest BCUT2D eigenvalue weighted by atomic mass is 10.1. The van der Waals surface area contributed by atoms with Crippen LogP contribution in [-0.2, 0) is 16.6 Å². The van der Waals surface area contributed by atoms with E-state index >= 15 is 0 Å². The Morgan fingerprint density at radius 2 is 1.88 bits per heavy atom. The zero-order valence-corrected chi connectivity index (χ0v) is 19.3. The Bertz CT molecular complexity index is 1540. The maximum absolute atomic E-state index is 13.0. The van der Waals surface area contributed by atoms with Crippen molar-refractivity contribution in [2.24, 2.45) is 0 Å². The largest absolute Gasteiger partial charge is 0.486 e. The molecule has 2 aromatic carbocycles. The number of anilines is 1. The fraction of sp³-hybridized carbons (Fsp3) is 0.130. The average molecular weight is 498 g/mol. The summed E-state index contributed by atoms with van der Waals surface area (Å²) in [5, 5.41) is 4.69. The number of carbonyl (C=O) groups is 1. The number of pyridine rings is 1. The van der Waals surface area contributed by atoms with Crippen molar-refractivity contribution in [3.05, 3.63) is 80.8 Å². The van der Waals surface area contributed by atoms with Crippen molar-refractivity contribution in [1.82, 2.24) is 10.3 Å². The maximum Gasteiger partial charge on any atom is 0.261 e. The summed E-state index contributed by atoms with van der Waals surface area (Å²) < 4.78 is 39.4. The number of aromatic nitrogens is 1. The molecule has 4 aromatic rings. The third kappa shape index (κ3) is 4.35. The van der Waals surface area contributed by atoms with Crippen molar-refractivity contribution in [3.8, 4) is 11.5 Å². The van der Waals surface area contributed by atoms with Crippen LogP contribution in [0.1, 0.15) is 15.2 Å². The second-order valence-corrected chi connectivity index (χ2v) is 10.2. The van der Waals surface area contributed by atoms with Gasteiger partial charge in [-0.15, -0.1) is 11.3 Å². The predicted octanol–water partition coefficient (Wildman–Crippen LogP) is 3.09. The highest BCUT2D eigenvalue weighted by Gasteiger charge is 2.20. The van der Waals surface area contributed by atoms with Gasteiger partial charge < -0.3 is 19.8 Å². The molecule has 174 valence electrons. The average Bonchev–Trinajstić information content (AvgIpc) is 3.36. The van der Waals surface area contributed by atoms with E-state index in [4.69, 9.17) is 9.47 Å². The van der Waals surface area contributed by atoms with Gasteiger partial charge in [-0.25, -0.2) is 8.42 Å². The van der Waals surface area contributed by atoms with Gasteiger partial charge in [0, 0.05) is 28.0 Å². The number of nitrogens with one attached hydrogen (secondary N) is 3. The van der Waals surface area contributed by atoms with Gasteiger partial charge in [-0.3, -0.25) is 14.3 Å². The van der Waals surface area contributed by atoms with E-state index in [-0.39, 0.29) is 15.8 Å². The van der Waals surface area contributed by atoms with E-state index in [9.17, 15) is 18.0 Å². The van der Waals surface area contributed by atoms with Gasteiger partial charge in [0.1, 0.15) is 18.8 Å². The molecule has 0 saturated heterocycles. The lowest BCUT2D eigenvalue weighted by Crippen LogP contribution is -2.28. The molecule has 1 amide bonds. The van der Waals surface area contributed by atoms with Crippen molar-refractivity contribution in [2.75, 3.05) is 17.9 Å². The van der Waals surface area contributed by atoms with E-state index < -0.39 is 21.4 Å². The van der Waals surface area contributed by atoms with Gasteiger partial charge in [0.15, 0.2) is 11.5 Å². The molecule has 1 aliphatic heterocycles. The Labute approximate surface area is 198 Å². The molecular weight excluding hydrogens is 478 g/mol. The summed E-state index contributed by atoms with van der Waals surface area (Å²) in [6.07, 6.45) is 1.33. The number of hydrogen-bond acceptors (Lipinski definition) is 7. The first-order valence-corrected chi connectivity index (χ1v) is 12.7. The Morgan fingerprint density at radius 1 is 1.06 bits per heavy atom. The van der Waals surface area contributed by atoms with Gasteiger partial charge in [0.2, 0.25) is 5.43 Å². The normalized spacial score (nSPS) is 12.9. The maximum atomic E-state index is 13.0. The van der Waals surface area contributed by atoms with Gasteiger partial charge in [-0.1, -0.05) is 6.07 Å². The Balaban J connectivity index is 1.42. The van der Waals surface area contributed by atoms with Crippen LogP contribution in [0.2, 0.25) is 0 Å². The molecule has 0 aliphatic carbocycles. The fourth-order valence-electron chi connectivity index (χ4n) is 3.53. The minimum atomic E-state index is -4.02. The second kappa shape index (κ2) is 8.84. The highest BCUT2D eigenvalue weighted by molar-refractivity contribution is 7.92. The number of carbonyl (C=O) groups excluding carboxylic acids is 1. The second-order valence-electron chi connectivity index (χ2n) is 7.46. The van der Waals surface area contributed by atoms with E-state index in [2.05, 4.69) is 15.0 Å². The topological polar surface area (TPSA) is 127 Å². The standard InChI is InChI=1S/C23H19N3O6S2/c27-22-17-11-16(34(29,30)26-14-3-6-20-21(10-14)32-8-7-31-20)4-5-19(17)24-13-18(22)23(28)25-12-15-2-1-9-33-15/h1-6,9-11,13,26H,7-8,12H2,(H,24,27)(H,25,28). The van der Waals surface area contributed by atoms with Crippen LogP contribution in [0.5, 0.6) is 11.5 Å². The third-order valence-electron chi connectivity index (χ3n) is 5.20. The fourth-order valence-corrected chi connectivity index (χ4v) is 5.25. The van der Waals surface area contributed by atoms with Gasteiger partial charge in [-0.05, 0) is 41.8 Å². The number of hydrogen-bond donors (Lipinski definition) is 3. The molecule has 2 aromatic heterocycles. The molecule has 5 rings (SSSR count). The van der Waals surface area contributed by atoms with Gasteiger partial charge in [0.05, 0.1) is 17.1 Å². The van der Waals surface area contributed by atoms with Crippen molar-refractivity contribution >= 4 is 43.9 Å². The number of H-pyrrole nitrogens is 1. The van der Waals surface area contributed by atoms with Crippen LogP contribution >= 0.6 is 11.3 Å². The molecule has 11 heteroatoms. The number of ether oxygens (including phenoxy) is 2. The van der Waals surface area contributed by atoms with E-state index in [1.807, 2.05) is 17.5 Å². The molecule has 34 heavy (non-hydrogen) atoms. The van der Waals surface area contributed by atoms with Gasteiger partial charge in [0.25, 0.3) is 15.9 Å². The van der Waals surface area contributed by atoms with Crippen molar-refractivity contribution in [3.63, 3.8) is 0 Å². The van der Waals surface area contributed by atoms with Crippen molar-refractivity contribution < 1.29 is 22.7 Å². The van der Waals surface area contributed by atoms with Crippen LogP contribution in [0, 0.1) is 0 Å². The Hall–Kier alpha value is -3.83. The number of sulfonamides is 1. The molecule has 0 spiro atoms. The molecule has 0 atom stereocenters. The number of aromatic amines is 1. The van der Waals surface area contributed by atoms with E-state index in [1.54, 1.807) is 12.1 Å². The molecule has 3 heterocycles. The van der Waals surface area contributed by atoms with E-state index in [0.717, 1.165) is 4.88 Å². The molecule has 0 radical (unpaired) electrons. The summed E-state index contributed by atoms with van der Waals surface area (Å²) in [6.45, 7) is 1.10. The molecule has 0 saturated carbocycles. The minimum Gasteiger partial charge on any atom is -0.486 e. The van der Waals surface area contributed by atoms with Crippen LogP contribution in [0.3, 0.4) is 0 Å². The smallest absolute Gasteiger partial charge is 0.261 e. The molecule has 0 unspecified atom stereocenters. The van der Waals surface area contributed by atoms with Gasteiger partial charge in [-0.2, -0.15) is 0 Å². The summed E-state index contributed by atoms with van der Waals surface area (Å²) in [4.78, 5) is 29.3. The molecule has 1 aliphatic rings. The molecule has 9 nitrogen and oxygen atoms in total. The van der Waals surface area contributed by atoms with E-state index in [0.29, 0.717) is 42.5 Å². The highest BCUT2D eigenvalue weighted by atomic mass is 32.2. The number of amides is 1. The Kier molecular flexibility index (Phi) is 5.72. The van der Waals surface area contributed by atoms with Crippen LogP contribution in [-0.4, -0.2) is 32.5 Å². The monoisotopic (exact) mass is 497 g/mol. The summed E-state index contributed by atoms with van der Waals surface area (Å²) in [6, 6.07) is 12.6. The van der Waals surface area contributed by atoms with Gasteiger partial charge >= 0.3 is 0 Å². The van der Waals surface area contributed by atoms with Crippen LogP contribution in [0.25, 0.3) is 10.9 Å². The van der Waals surface area contributed by atoms with Crippen molar-refractivity contribution in [2.45, 2.75) is 11.4 Å². The van der Waals surface area contributed by atoms with E-state index in [1.165, 1.54) is 41.8 Å². The number of benzene rings is 2. The first-order chi connectivity index (χ1) is 16.4. The summed E-state index contributed by atoms with van der Waals surface area (Å²) in [5.74, 6) is 0.440. The highest BCUT2D eigenvalue weighted by Crippen LogP contribution is 2.33. The molecular formula is C23H19N3O6S2. The van der Waals surface area contributed by atoms with Crippen LogP contribution in [0.4, 0.5) is 5.69 Å².